The first-order chi connectivity index (χ1) is 13.4. The Morgan fingerprint density at radius 1 is 1.04 bits per heavy atom. The molecule has 0 aliphatic rings. The minimum atomic E-state index is -1.04. The number of carbonyl (C=O) groups excluding carboxylic acids is 1. The lowest BCUT2D eigenvalue weighted by Gasteiger charge is -2.15. The zero-order valence-electron chi connectivity index (χ0n) is 16.2. The maximum absolute atomic E-state index is 12.2. The van der Waals surface area contributed by atoms with Crippen molar-refractivity contribution in [3.05, 3.63) is 54.6 Å². The smallest absolute Gasteiger partial charge is 0.321 e. The van der Waals surface area contributed by atoms with E-state index in [1.54, 1.807) is 24.3 Å². The molecule has 0 aliphatic carbocycles. The summed E-state index contributed by atoms with van der Waals surface area (Å²) in [6, 6.07) is 15.4. The molecule has 7 heteroatoms. The van der Waals surface area contributed by atoms with Gasteiger partial charge < -0.3 is 25.4 Å². The van der Waals surface area contributed by atoms with Gasteiger partial charge in [-0.05, 0) is 70.0 Å². The Bertz CT molecular complexity index is 748. The highest BCUT2D eigenvalue weighted by atomic mass is 16.5. The Morgan fingerprint density at radius 2 is 1.68 bits per heavy atom. The van der Waals surface area contributed by atoms with Gasteiger partial charge in [-0.2, -0.15) is 0 Å². The third kappa shape index (κ3) is 7.77. The van der Waals surface area contributed by atoms with Crippen molar-refractivity contribution in [3.8, 4) is 11.5 Å². The molecule has 0 saturated heterocycles. The number of anilines is 1. The predicted octanol–water partition coefficient (Wildman–Crippen LogP) is 2.80. The lowest BCUT2D eigenvalue weighted by atomic mass is 10.2. The monoisotopic (exact) mass is 385 g/mol. The fourth-order valence-corrected chi connectivity index (χ4v) is 2.55. The summed E-state index contributed by atoms with van der Waals surface area (Å²) in [4.78, 5) is 25.6. The third-order valence-electron chi connectivity index (χ3n) is 3.98. The number of carbonyl (C=O) groups is 2. The van der Waals surface area contributed by atoms with Crippen LogP contribution in [0.25, 0.3) is 0 Å². The van der Waals surface area contributed by atoms with Crippen LogP contribution in [-0.4, -0.2) is 55.1 Å². The zero-order chi connectivity index (χ0) is 20.4. The van der Waals surface area contributed by atoms with Crippen LogP contribution in [0.2, 0.25) is 0 Å². The Morgan fingerprint density at radius 3 is 2.29 bits per heavy atom. The lowest BCUT2D eigenvalue weighted by molar-refractivity contribution is -0.141. The van der Waals surface area contributed by atoms with Crippen LogP contribution >= 0.6 is 0 Å². The van der Waals surface area contributed by atoms with Gasteiger partial charge in [0.15, 0.2) is 0 Å². The number of aliphatic carboxylic acids is 1. The number of benzene rings is 2. The molecule has 0 bridgehead atoms. The molecule has 0 fully saturated rings. The standard InChI is InChI=1S/C21H27N3O4/c1-24(2)14-6-13-22-19(21(26)27)15-20(25)23-16-9-11-18(12-10-16)28-17-7-4-3-5-8-17/h3-5,7-12,19,22H,6,13-15H2,1-2H3,(H,23,25)(H,26,27). The van der Waals surface area contributed by atoms with Crippen LogP contribution in [0, 0.1) is 0 Å². The van der Waals surface area contributed by atoms with Crippen molar-refractivity contribution in [1.82, 2.24) is 10.2 Å². The highest BCUT2D eigenvalue weighted by molar-refractivity contribution is 5.94. The van der Waals surface area contributed by atoms with E-state index in [-0.39, 0.29) is 12.3 Å². The predicted molar refractivity (Wildman–Crippen MR) is 109 cm³/mol. The minimum Gasteiger partial charge on any atom is -0.480 e. The van der Waals surface area contributed by atoms with Crippen molar-refractivity contribution < 1.29 is 19.4 Å². The molecular weight excluding hydrogens is 358 g/mol. The van der Waals surface area contributed by atoms with Crippen molar-refractivity contribution in [1.29, 1.82) is 0 Å². The Balaban J connectivity index is 1.82. The van der Waals surface area contributed by atoms with Gasteiger partial charge >= 0.3 is 5.97 Å². The van der Waals surface area contributed by atoms with Gasteiger partial charge in [0.05, 0.1) is 6.42 Å². The Kier molecular flexibility index (Phi) is 8.45. The zero-order valence-corrected chi connectivity index (χ0v) is 16.2. The molecule has 28 heavy (non-hydrogen) atoms. The van der Waals surface area contributed by atoms with Gasteiger partial charge in [-0.25, -0.2) is 0 Å². The molecule has 0 aliphatic heterocycles. The summed E-state index contributed by atoms with van der Waals surface area (Å²) in [6.07, 6.45) is 0.667. The fourth-order valence-electron chi connectivity index (χ4n) is 2.55. The lowest BCUT2D eigenvalue weighted by Crippen LogP contribution is -2.40. The number of ether oxygens (including phenoxy) is 1. The van der Waals surface area contributed by atoms with Crippen molar-refractivity contribution in [2.75, 3.05) is 32.5 Å². The van der Waals surface area contributed by atoms with Gasteiger partial charge in [-0.1, -0.05) is 18.2 Å². The first-order valence-electron chi connectivity index (χ1n) is 9.18. The molecular formula is C21H27N3O4. The summed E-state index contributed by atoms with van der Waals surface area (Å²) in [7, 11) is 3.91. The molecule has 2 rings (SSSR count). The van der Waals surface area contributed by atoms with E-state index in [4.69, 9.17) is 4.74 Å². The summed E-state index contributed by atoms with van der Waals surface area (Å²) < 4.78 is 5.70. The van der Waals surface area contributed by atoms with Gasteiger partial charge in [0.1, 0.15) is 17.5 Å². The summed E-state index contributed by atoms with van der Waals surface area (Å²) in [5.74, 6) is -0.0186. The summed E-state index contributed by atoms with van der Waals surface area (Å²) in [5, 5.41) is 14.9. The summed E-state index contributed by atoms with van der Waals surface area (Å²) >= 11 is 0. The van der Waals surface area contributed by atoms with Crippen molar-refractivity contribution in [2.24, 2.45) is 0 Å². The molecule has 0 aromatic heterocycles. The van der Waals surface area contributed by atoms with Crippen LogP contribution < -0.4 is 15.4 Å². The second kappa shape index (κ2) is 11.1. The maximum atomic E-state index is 12.2. The molecule has 0 saturated carbocycles. The number of rotatable bonds is 11. The highest BCUT2D eigenvalue weighted by Crippen LogP contribution is 2.22. The van der Waals surface area contributed by atoms with Gasteiger partial charge in [-0.3, -0.25) is 9.59 Å². The largest absolute Gasteiger partial charge is 0.480 e. The second-order valence-corrected chi connectivity index (χ2v) is 6.69. The number of hydrogen-bond acceptors (Lipinski definition) is 5. The molecule has 7 nitrogen and oxygen atoms in total. The topological polar surface area (TPSA) is 90.9 Å². The number of carboxylic acid groups (broad SMARTS) is 1. The van der Waals surface area contributed by atoms with Crippen LogP contribution in [0.5, 0.6) is 11.5 Å². The van der Waals surface area contributed by atoms with E-state index in [0.29, 0.717) is 18.0 Å². The van der Waals surface area contributed by atoms with Crippen molar-refractivity contribution in [3.63, 3.8) is 0 Å². The molecule has 2 aromatic rings. The van der Waals surface area contributed by atoms with Gasteiger partial charge in [-0.15, -0.1) is 0 Å². The average Bonchev–Trinajstić information content (AvgIpc) is 2.66. The Labute approximate surface area is 165 Å². The summed E-state index contributed by atoms with van der Waals surface area (Å²) in [5.41, 5.74) is 0.585. The number of hydrogen-bond donors (Lipinski definition) is 3. The van der Waals surface area contributed by atoms with E-state index in [1.165, 1.54) is 0 Å². The highest BCUT2D eigenvalue weighted by Gasteiger charge is 2.20. The molecule has 3 N–H and O–H groups in total. The van der Waals surface area contributed by atoms with E-state index in [9.17, 15) is 14.7 Å². The molecule has 0 heterocycles. The average molecular weight is 385 g/mol. The molecule has 0 radical (unpaired) electrons. The quantitative estimate of drug-likeness (QED) is 0.515. The molecule has 2 aromatic carbocycles. The third-order valence-corrected chi connectivity index (χ3v) is 3.98. The Hall–Kier alpha value is -2.90. The fraction of sp³-hybridized carbons (Fsp3) is 0.333. The normalized spacial score (nSPS) is 11.8. The van der Waals surface area contributed by atoms with E-state index in [2.05, 4.69) is 10.6 Å². The van der Waals surface area contributed by atoms with E-state index >= 15 is 0 Å². The summed E-state index contributed by atoms with van der Waals surface area (Å²) in [6.45, 7) is 1.39. The first kappa shape index (κ1) is 21.4. The first-order valence-corrected chi connectivity index (χ1v) is 9.18. The van der Waals surface area contributed by atoms with Crippen molar-refractivity contribution in [2.45, 2.75) is 18.9 Å². The van der Waals surface area contributed by atoms with Gasteiger partial charge in [0.2, 0.25) is 5.91 Å². The van der Waals surface area contributed by atoms with Crippen LogP contribution in [-0.2, 0) is 9.59 Å². The minimum absolute atomic E-state index is 0.139. The molecule has 1 atom stereocenters. The number of nitrogens with zero attached hydrogens (tertiary/aromatic N) is 1. The second-order valence-electron chi connectivity index (χ2n) is 6.69. The van der Waals surface area contributed by atoms with Gasteiger partial charge in [0.25, 0.3) is 0 Å². The van der Waals surface area contributed by atoms with Crippen LogP contribution in [0.4, 0.5) is 5.69 Å². The molecule has 1 unspecified atom stereocenters. The van der Waals surface area contributed by atoms with Crippen LogP contribution in [0.15, 0.2) is 54.6 Å². The number of nitrogens with one attached hydrogen (secondary N) is 2. The van der Waals surface area contributed by atoms with E-state index < -0.39 is 12.0 Å². The number of para-hydroxylation sites is 1. The van der Waals surface area contributed by atoms with E-state index in [1.807, 2.05) is 49.3 Å². The molecule has 150 valence electrons. The van der Waals surface area contributed by atoms with E-state index in [0.717, 1.165) is 18.7 Å². The van der Waals surface area contributed by atoms with Gasteiger partial charge in [0, 0.05) is 5.69 Å². The molecule has 0 spiro atoms. The maximum Gasteiger partial charge on any atom is 0.321 e. The SMILES string of the molecule is CN(C)CCCNC(CC(=O)Nc1ccc(Oc2ccccc2)cc1)C(=O)O. The van der Waals surface area contributed by atoms with Crippen molar-refractivity contribution >= 4 is 17.6 Å². The number of carboxylic acids is 1. The molecule has 1 amide bonds. The number of amides is 1. The van der Waals surface area contributed by atoms with Crippen LogP contribution in [0.1, 0.15) is 12.8 Å². The van der Waals surface area contributed by atoms with Crippen LogP contribution in [0.3, 0.4) is 0 Å².